The Morgan fingerprint density at radius 2 is 1.13 bits per heavy atom. The lowest BCUT2D eigenvalue weighted by Crippen LogP contribution is -2.19. The molecule has 7 rings (SSSR count). The van der Waals surface area contributed by atoms with Gasteiger partial charge in [0.05, 0.1) is 0 Å². The first kappa shape index (κ1) is 35.9. The first-order chi connectivity index (χ1) is 25.5. The van der Waals surface area contributed by atoms with Gasteiger partial charge in [0.15, 0.2) is 0 Å². The number of rotatable bonds is 9. The zero-order chi connectivity index (χ0) is 36.1. The van der Waals surface area contributed by atoms with Crippen LogP contribution in [0.4, 0.5) is 11.4 Å². The molecule has 0 radical (unpaired) electrons. The summed E-state index contributed by atoms with van der Waals surface area (Å²) in [6, 6.07) is 54.6. The molecule has 0 aliphatic heterocycles. The zero-order valence-corrected chi connectivity index (χ0v) is 31.0. The summed E-state index contributed by atoms with van der Waals surface area (Å²) in [7, 11) is 0. The Kier molecular flexibility index (Phi) is 12.3. The molecular formula is C51H49N. The molecular weight excluding hydrogens is 627 g/mol. The molecule has 0 N–H and O–H groups in total. The van der Waals surface area contributed by atoms with Crippen molar-refractivity contribution in [3.05, 3.63) is 210 Å². The van der Waals surface area contributed by atoms with E-state index in [-0.39, 0.29) is 0 Å². The minimum atomic E-state index is 0.736. The molecule has 0 spiro atoms. The summed E-state index contributed by atoms with van der Waals surface area (Å²) in [5.41, 5.74) is 16.3. The van der Waals surface area contributed by atoms with Gasteiger partial charge in [0.2, 0.25) is 0 Å². The lowest BCUT2D eigenvalue weighted by Gasteiger charge is -2.27. The smallest absolute Gasteiger partial charge is 0.0487 e. The molecule has 0 amide bonds. The Labute approximate surface area is 311 Å². The first-order valence-corrected chi connectivity index (χ1v) is 18.4. The molecule has 0 saturated carbocycles. The summed E-state index contributed by atoms with van der Waals surface area (Å²) in [6.45, 7) is 9.35. The minimum Gasteiger partial charge on any atom is -0.337 e. The highest BCUT2D eigenvalue weighted by atomic mass is 15.1. The maximum absolute atomic E-state index is 2.41. The van der Waals surface area contributed by atoms with Gasteiger partial charge in [0, 0.05) is 17.9 Å². The van der Waals surface area contributed by atoms with Crippen molar-refractivity contribution in [1.82, 2.24) is 0 Å². The van der Waals surface area contributed by atoms with Gasteiger partial charge in [-0.15, -0.1) is 0 Å². The van der Waals surface area contributed by atoms with E-state index in [4.69, 9.17) is 0 Å². The molecule has 1 nitrogen and oxygen atoms in total. The number of anilines is 2. The Morgan fingerprint density at radius 1 is 0.577 bits per heavy atom. The second-order valence-electron chi connectivity index (χ2n) is 13.5. The van der Waals surface area contributed by atoms with Crippen LogP contribution in [-0.2, 0) is 0 Å². The third-order valence-electron chi connectivity index (χ3n) is 9.66. The van der Waals surface area contributed by atoms with Gasteiger partial charge >= 0.3 is 0 Å². The first-order valence-electron chi connectivity index (χ1n) is 18.4. The number of allylic oxidation sites excluding steroid dienone is 7. The molecule has 0 fully saturated rings. The molecule has 0 atom stereocenters. The second-order valence-corrected chi connectivity index (χ2v) is 13.5. The Morgan fingerprint density at radius 3 is 1.71 bits per heavy atom. The van der Waals surface area contributed by atoms with Crippen molar-refractivity contribution >= 4 is 16.9 Å². The highest BCUT2D eigenvalue weighted by molar-refractivity contribution is 5.80. The van der Waals surface area contributed by atoms with E-state index < -0.39 is 0 Å². The van der Waals surface area contributed by atoms with Crippen LogP contribution in [0, 0.1) is 13.8 Å². The van der Waals surface area contributed by atoms with Gasteiger partial charge in [-0.2, -0.15) is 0 Å². The van der Waals surface area contributed by atoms with Crippen molar-refractivity contribution in [2.45, 2.75) is 40.5 Å². The Balaban J connectivity index is 0.000000594. The molecule has 0 aromatic heterocycles. The molecule has 6 aromatic carbocycles. The molecule has 0 unspecified atom stereocenters. The standard InChI is InChI=1S/C44H39N.C7H10/c1-4-5-15-40(36-18-10-7-11-19-36)32-45(41-27-23-37(24-28-41)35-16-8-6-9-17-35)42-29-25-38(26-30-42)39-22-21-34(3)44(31-39)43-20-13-12-14-33(43)2;1-7-5-3-2-4-6-7/h4-31H,32H2,1-3H3;2-3,5H,4,6H2,1H3/b5-4-,40-15+;. The fourth-order valence-corrected chi connectivity index (χ4v) is 6.59. The highest BCUT2D eigenvalue weighted by Crippen LogP contribution is 2.35. The molecule has 1 aliphatic carbocycles. The summed E-state index contributed by atoms with van der Waals surface area (Å²) < 4.78 is 0. The SMILES string of the molecule is C/C=C\C=C(/CN(c1ccc(-c2ccccc2)cc1)c1ccc(-c2ccc(C)c(-c3ccccc3C)c2)cc1)c1ccccc1.CC1=CC=CCC1. The van der Waals surface area contributed by atoms with E-state index >= 15 is 0 Å². The van der Waals surface area contributed by atoms with Crippen molar-refractivity contribution < 1.29 is 0 Å². The molecule has 258 valence electrons. The maximum Gasteiger partial charge on any atom is 0.0487 e. The minimum absolute atomic E-state index is 0.736. The summed E-state index contributed by atoms with van der Waals surface area (Å²) in [5.74, 6) is 0. The molecule has 0 bridgehead atoms. The van der Waals surface area contributed by atoms with Crippen LogP contribution in [0.25, 0.3) is 39.0 Å². The molecule has 1 heteroatoms. The van der Waals surface area contributed by atoms with E-state index in [1.54, 1.807) is 0 Å². The van der Waals surface area contributed by atoms with Crippen molar-refractivity contribution in [3.63, 3.8) is 0 Å². The van der Waals surface area contributed by atoms with Crippen LogP contribution in [0.5, 0.6) is 0 Å². The average molecular weight is 676 g/mol. The normalized spacial score (nSPS) is 12.6. The molecule has 1 aliphatic rings. The van der Waals surface area contributed by atoms with Crippen molar-refractivity contribution in [1.29, 1.82) is 0 Å². The third kappa shape index (κ3) is 9.24. The fraction of sp³-hybridized carbons (Fsp3) is 0.137. The van der Waals surface area contributed by atoms with Crippen molar-refractivity contribution in [2.24, 2.45) is 0 Å². The van der Waals surface area contributed by atoms with E-state index in [1.165, 1.54) is 74.1 Å². The topological polar surface area (TPSA) is 3.24 Å². The fourth-order valence-electron chi connectivity index (χ4n) is 6.59. The largest absolute Gasteiger partial charge is 0.337 e. The highest BCUT2D eigenvalue weighted by Gasteiger charge is 2.15. The van der Waals surface area contributed by atoms with Gasteiger partial charge < -0.3 is 4.90 Å². The number of hydrogen-bond donors (Lipinski definition) is 0. The molecule has 0 saturated heterocycles. The van der Waals surface area contributed by atoms with Gasteiger partial charge in [0.1, 0.15) is 0 Å². The van der Waals surface area contributed by atoms with E-state index in [2.05, 4.69) is 221 Å². The van der Waals surface area contributed by atoms with Crippen LogP contribution >= 0.6 is 0 Å². The predicted molar refractivity (Wildman–Crippen MR) is 227 cm³/mol. The molecule has 52 heavy (non-hydrogen) atoms. The quantitative estimate of drug-likeness (QED) is 0.138. The second kappa shape index (κ2) is 17.8. The van der Waals surface area contributed by atoms with E-state index in [1.807, 2.05) is 0 Å². The Bertz CT molecular complexity index is 2160. The van der Waals surface area contributed by atoms with Gasteiger partial charge in [-0.1, -0.05) is 163 Å². The summed E-state index contributed by atoms with van der Waals surface area (Å²) >= 11 is 0. The van der Waals surface area contributed by atoms with Crippen LogP contribution < -0.4 is 4.90 Å². The summed E-state index contributed by atoms with van der Waals surface area (Å²) in [4.78, 5) is 2.41. The van der Waals surface area contributed by atoms with E-state index in [0.29, 0.717) is 0 Å². The van der Waals surface area contributed by atoms with Crippen LogP contribution in [0.3, 0.4) is 0 Å². The number of aryl methyl sites for hydroxylation is 2. The maximum atomic E-state index is 2.41. The predicted octanol–water partition coefficient (Wildman–Crippen LogP) is 14.4. The van der Waals surface area contributed by atoms with E-state index in [0.717, 1.165) is 17.9 Å². The van der Waals surface area contributed by atoms with Crippen LogP contribution in [0.2, 0.25) is 0 Å². The van der Waals surface area contributed by atoms with Gasteiger partial charge in [0.25, 0.3) is 0 Å². The third-order valence-corrected chi connectivity index (χ3v) is 9.66. The van der Waals surface area contributed by atoms with Crippen LogP contribution in [0.15, 0.2) is 194 Å². The Hall–Kier alpha value is -5.92. The number of nitrogens with zero attached hydrogens (tertiary/aromatic N) is 1. The number of benzene rings is 6. The summed E-state index contributed by atoms with van der Waals surface area (Å²) in [6.07, 6.45) is 15.4. The van der Waals surface area contributed by atoms with Gasteiger partial charge in [-0.3, -0.25) is 0 Å². The lowest BCUT2D eigenvalue weighted by molar-refractivity contribution is 0.962. The monoisotopic (exact) mass is 675 g/mol. The van der Waals surface area contributed by atoms with Crippen LogP contribution in [-0.4, -0.2) is 6.54 Å². The lowest BCUT2D eigenvalue weighted by atomic mass is 9.93. The van der Waals surface area contributed by atoms with Gasteiger partial charge in [-0.25, -0.2) is 0 Å². The zero-order valence-electron chi connectivity index (χ0n) is 31.0. The average Bonchev–Trinajstić information content (AvgIpc) is 3.20. The van der Waals surface area contributed by atoms with Crippen molar-refractivity contribution in [2.75, 3.05) is 11.4 Å². The molecule has 6 aromatic rings. The summed E-state index contributed by atoms with van der Waals surface area (Å²) in [5, 5.41) is 0. The number of hydrogen-bond acceptors (Lipinski definition) is 1. The molecule has 0 heterocycles. The van der Waals surface area contributed by atoms with Gasteiger partial charge in [-0.05, 0) is 127 Å². The van der Waals surface area contributed by atoms with Crippen LogP contribution in [0.1, 0.15) is 43.4 Å². The van der Waals surface area contributed by atoms with Crippen molar-refractivity contribution in [3.8, 4) is 33.4 Å². The van der Waals surface area contributed by atoms with E-state index in [9.17, 15) is 0 Å².